The molecule has 0 spiro atoms. The van der Waals surface area contributed by atoms with Gasteiger partial charge in [0, 0.05) is 14.1 Å². The maximum atomic E-state index is 12.8. The Bertz CT molecular complexity index is 373. The van der Waals surface area contributed by atoms with Gasteiger partial charge in [-0.05, 0) is 41.2 Å². The highest BCUT2D eigenvalue weighted by molar-refractivity contribution is 9.10. The predicted molar refractivity (Wildman–Crippen MR) is 66.4 cm³/mol. The lowest BCUT2D eigenvalue weighted by Crippen LogP contribution is -2.27. The maximum Gasteiger partial charge on any atom is 0.363 e. The number of ketones is 1. The van der Waals surface area contributed by atoms with Crippen molar-refractivity contribution in [1.29, 1.82) is 0 Å². The second-order valence-electron chi connectivity index (χ2n) is 3.43. The van der Waals surface area contributed by atoms with Crippen LogP contribution >= 0.6 is 15.9 Å². The maximum absolute atomic E-state index is 12.8. The van der Waals surface area contributed by atoms with Crippen molar-refractivity contribution in [3.05, 3.63) is 23.9 Å². The average molecular weight is 326 g/mol. The van der Waals surface area contributed by atoms with E-state index in [1.807, 2.05) is 15.9 Å². The Morgan fingerprint density at radius 3 is 2.33 bits per heavy atom. The lowest BCUT2D eigenvalue weighted by molar-refractivity contribution is -0.142. The molecule has 0 fully saturated rings. The summed E-state index contributed by atoms with van der Waals surface area (Å²) in [7, 11) is 3.41. The number of hydrogen-bond acceptors (Lipinski definition) is 4. The molecular formula is C11H14BrF2NO3. The highest BCUT2D eigenvalue weighted by atomic mass is 79.9. The molecule has 0 atom stereocenters. The fraction of sp³-hybridized carbons (Fsp3) is 0.455. The van der Waals surface area contributed by atoms with Crippen LogP contribution in [0.15, 0.2) is 23.9 Å². The van der Waals surface area contributed by atoms with Crippen LogP contribution in [0.4, 0.5) is 8.78 Å². The molecule has 0 bridgehead atoms. The third kappa shape index (κ3) is 5.90. The summed E-state index contributed by atoms with van der Waals surface area (Å²) >= 11 is 1.92. The molecular weight excluding hydrogens is 312 g/mol. The quantitative estimate of drug-likeness (QED) is 0.187. The number of halogens is 3. The largest absolute Gasteiger partial charge is 0.462 e. The zero-order chi connectivity index (χ0) is 14.3. The van der Waals surface area contributed by atoms with Crippen LogP contribution in [0.2, 0.25) is 0 Å². The molecule has 0 aromatic rings. The number of alkyl halides is 3. The molecule has 0 aliphatic heterocycles. The number of carbonyl (C=O) groups is 2. The van der Waals surface area contributed by atoms with Gasteiger partial charge in [-0.25, -0.2) is 4.79 Å². The van der Waals surface area contributed by atoms with Gasteiger partial charge >= 0.3 is 10.8 Å². The van der Waals surface area contributed by atoms with E-state index >= 15 is 0 Å². The molecule has 0 radical (unpaired) electrons. The molecule has 0 rings (SSSR count). The number of ether oxygens (including phenoxy) is 1. The second kappa shape index (κ2) is 7.25. The Kier molecular flexibility index (Phi) is 6.75. The van der Waals surface area contributed by atoms with Crippen LogP contribution < -0.4 is 0 Å². The van der Waals surface area contributed by atoms with Gasteiger partial charge in [0.15, 0.2) is 0 Å². The van der Waals surface area contributed by atoms with Gasteiger partial charge in [0.1, 0.15) is 5.57 Å². The fourth-order valence-corrected chi connectivity index (χ4v) is 1.12. The van der Waals surface area contributed by atoms with Crippen LogP contribution in [0.1, 0.15) is 6.92 Å². The van der Waals surface area contributed by atoms with Gasteiger partial charge in [-0.2, -0.15) is 8.78 Å². The molecule has 0 saturated carbocycles. The fourth-order valence-electron chi connectivity index (χ4n) is 0.909. The first-order valence-corrected chi connectivity index (χ1v) is 5.83. The summed E-state index contributed by atoms with van der Waals surface area (Å²) in [5, 5.41) is 0. The summed E-state index contributed by atoms with van der Waals surface area (Å²) in [4.78, 5) is 20.6. The van der Waals surface area contributed by atoms with Gasteiger partial charge in [-0.15, -0.1) is 0 Å². The molecule has 0 heterocycles. The summed E-state index contributed by atoms with van der Waals surface area (Å²) in [5.41, 5.74) is -0.711. The summed E-state index contributed by atoms with van der Waals surface area (Å²) in [5.74, 6) is -2.71. The normalized spacial score (nSPS) is 12.7. The Balaban J connectivity index is 5.19. The third-order valence-corrected chi connectivity index (χ3v) is 2.00. The summed E-state index contributed by atoms with van der Waals surface area (Å²) in [6, 6.07) is 0. The highest BCUT2D eigenvalue weighted by Gasteiger charge is 2.40. The van der Waals surface area contributed by atoms with Gasteiger partial charge < -0.3 is 9.64 Å². The molecule has 0 aromatic heterocycles. The molecule has 0 unspecified atom stereocenters. The van der Waals surface area contributed by atoms with Gasteiger partial charge in [-0.1, -0.05) is 0 Å². The monoisotopic (exact) mass is 325 g/mol. The molecule has 4 nitrogen and oxygen atoms in total. The number of Topliss-reactive ketones (excluding diaryl/α,β-unsaturated/α-hetero) is 1. The lowest BCUT2D eigenvalue weighted by atomic mass is 10.1. The van der Waals surface area contributed by atoms with E-state index in [0.717, 1.165) is 6.08 Å². The molecule has 0 aliphatic rings. The Hall–Kier alpha value is -1.24. The Labute approximate surface area is 112 Å². The van der Waals surface area contributed by atoms with Crippen LogP contribution in [0.3, 0.4) is 0 Å². The highest BCUT2D eigenvalue weighted by Crippen LogP contribution is 2.26. The number of nitrogens with zero attached hydrogens (tertiary/aromatic N) is 1. The molecule has 0 saturated heterocycles. The van der Waals surface area contributed by atoms with Crippen molar-refractivity contribution >= 4 is 27.7 Å². The zero-order valence-corrected chi connectivity index (χ0v) is 11.8. The number of hydrogen-bond donors (Lipinski definition) is 0. The van der Waals surface area contributed by atoms with Crippen LogP contribution in [0, 0.1) is 0 Å². The minimum atomic E-state index is -3.79. The van der Waals surface area contributed by atoms with Crippen LogP contribution in [0.5, 0.6) is 0 Å². The standard InChI is InChI=1S/C11H14BrF2NO3/c1-4-18-10(17)8(6-5-7-15(2)3)9(16)11(12,13)14/h5-7H,4H2,1-3H3/b7-5+,8-6-. The summed E-state index contributed by atoms with van der Waals surface area (Å²) < 4.78 is 30.2. The van der Waals surface area contributed by atoms with Crippen molar-refractivity contribution in [2.75, 3.05) is 20.7 Å². The van der Waals surface area contributed by atoms with E-state index in [2.05, 4.69) is 4.74 Å². The van der Waals surface area contributed by atoms with Gasteiger partial charge in [0.05, 0.1) is 6.61 Å². The van der Waals surface area contributed by atoms with Crippen molar-refractivity contribution in [2.45, 2.75) is 11.8 Å². The van der Waals surface area contributed by atoms with E-state index in [0.29, 0.717) is 0 Å². The average Bonchev–Trinajstić information content (AvgIpc) is 2.22. The second-order valence-corrected chi connectivity index (χ2v) is 4.43. The van der Waals surface area contributed by atoms with Crippen LogP contribution in [-0.4, -0.2) is 42.2 Å². The van der Waals surface area contributed by atoms with Crippen molar-refractivity contribution in [3.8, 4) is 0 Å². The van der Waals surface area contributed by atoms with Crippen molar-refractivity contribution < 1.29 is 23.1 Å². The van der Waals surface area contributed by atoms with E-state index in [1.165, 1.54) is 19.2 Å². The van der Waals surface area contributed by atoms with Crippen molar-refractivity contribution in [2.24, 2.45) is 0 Å². The molecule has 0 N–H and O–H groups in total. The number of allylic oxidation sites excluding steroid dienone is 2. The molecule has 0 aromatic carbocycles. The van der Waals surface area contributed by atoms with E-state index in [9.17, 15) is 18.4 Å². The lowest BCUT2D eigenvalue weighted by Gasteiger charge is -2.09. The van der Waals surface area contributed by atoms with E-state index in [1.54, 1.807) is 19.0 Å². The van der Waals surface area contributed by atoms with Gasteiger partial charge in [-0.3, -0.25) is 4.79 Å². The first kappa shape index (κ1) is 16.8. The van der Waals surface area contributed by atoms with Crippen molar-refractivity contribution in [3.63, 3.8) is 0 Å². The van der Waals surface area contributed by atoms with E-state index in [4.69, 9.17) is 0 Å². The Morgan fingerprint density at radius 2 is 1.94 bits per heavy atom. The number of esters is 1. The summed E-state index contributed by atoms with van der Waals surface area (Å²) in [6.45, 7) is 1.51. The molecule has 102 valence electrons. The number of rotatable bonds is 6. The van der Waals surface area contributed by atoms with Crippen LogP contribution in [0.25, 0.3) is 0 Å². The Morgan fingerprint density at radius 1 is 1.39 bits per heavy atom. The topological polar surface area (TPSA) is 46.6 Å². The smallest absolute Gasteiger partial charge is 0.363 e. The minimum absolute atomic E-state index is 0.00525. The van der Waals surface area contributed by atoms with Crippen LogP contribution in [-0.2, 0) is 14.3 Å². The molecule has 0 amide bonds. The molecule has 18 heavy (non-hydrogen) atoms. The SMILES string of the molecule is CCOC(=O)/C(=C\C=C\N(C)C)C(=O)C(F)(F)Br. The van der Waals surface area contributed by atoms with Gasteiger partial charge in [0.2, 0.25) is 5.78 Å². The first-order valence-electron chi connectivity index (χ1n) is 5.03. The number of carbonyl (C=O) groups excluding carboxylic acids is 2. The zero-order valence-electron chi connectivity index (χ0n) is 10.2. The van der Waals surface area contributed by atoms with Gasteiger partial charge in [0.25, 0.3) is 0 Å². The minimum Gasteiger partial charge on any atom is -0.462 e. The van der Waals surface area contributed by atoms with E-state index < -0.39 is 22.2 Å². The molecule has 7 heteroatoms. The van der Waals surface area contributed by atoms with E-state index in [-0.39, 0.29) is 6.61 Å². The molecule has 0 aliphatic carbocycles. The predicted octanol–water partition coefficient (Wildman–Crippen LogP) is 2.11. The van der Waals surface area contributed by atoms with Crippen molar-refractivity contribution in [1.82, 2.24) is 4.90 Å². The third-order valence-electron chi connectivity index (χ3n) is 1.64. The first-order chi connectivity index (χ1) is 8.20. The summed E-state index contributed by atoms with van der Waals surface area (Å²) in [6.07, 6.45) is 3.80.